The van der Waals surface area contributed by atoms with E-state index in [4.69, 9.17) is 28.1 Å². The number of hydrogen-bond donors (Lipinski definition) is 3. The van der Waals surface area contributed by atoms with Gasteiger partial charge in [0.2, 0.25) is 0 Å². The highest BCUT2D eigenvalue weighted by atomic mass is 79.9. The highest BCUT2D eigenvalue weighted by molar-refractivity contribution is 9.10. The van der Waals surface area contributed by atoms with Crippen molar-refractivity contribution in [3.63, 3.8) is 0 Å². The molecule has 2 N–H and O–H groups in total. The smallest absolute Gasteiger partial charge is 0.0321 e. The average Bonchev–Trinajstić information content (AvgIpc) is 2.58. The van der Waals surface area contributed by atoms with Crippen LogP contribution in [0, 0.1) is 0 Å². The summed E-state index contributed by atoms with van der Waals surface area (Å²) in [7, 11) is -0.941. The molecular formula is C18H16BrNS4. The fourth-order valence-electron chi connectivity index (χ4n) is 2.01. The van der Waals surface area contributed by atoms with Crippen LogP contribution in [-0.4, -0.2) is 0 Å². The van der Waals surface area contributed by atoms with Crippen molar-refractivity contribution >= 4 is 64.6 Å². The van der Waals surface area contributed by atoms with E-state index < -0.39 is 8.01 Å². The van der Waals surface area contributed by atoms with Gasteiger partial charge in [-0.15, -0.1) is 12.6 Å². The fraction of sp³-hybridized carbons (Fsp3) is 0. The van der Waals surface area contributed by atoms with E-state index in [2.05, 4.69) is 28.6 Å². The van der Waals surface area contributed by atoms with Crippen LogP contribution in [0.3, 0.4) is 0 Å². The minimum Gasteiger partial charge on any atom is -0.399 e. The molecular weight excluding hydrogens is 438 g/mol. The molecule has 1 nitrogen and oxygen atoms in total. The van der Waals surface area contributed by atoms with Gasteiger partial charge in [-0.2, -0.15) is 0 Å². The maximum atomic E-state index is 5.80. The molecule has 3 rings (SSSR count). The van der Waals surface area contributed by atoms with Crippen LogP contribution in [0.1, 0.15) is 0 Å². The third-order valence-electron chi connectivity index (χ3n) is 3.15. The molecule has 0 aromatic heterocycles. The summed E-state index contributed by atoms with van der Waals surface area (Å²) >= 11 is 17.9. The van der Waals surface area contributed by atoms with E-state index in [1.807, 2.05) is 72.8 Å². The van der Waals surface area contributed by atoms with Crippen molar-refractivity contribution < 1.29 is 0 Å². The average molecular weight is 455 g/mol. The van der Waals surface area contributed by atoms with Crippen molar-refractivity contribution in [3.05, 3.63) is 77.3 Å². The van der Waals surface area contributed by atoms with E-state index in [1.54, 1.807) is 0 Å². The molecule has 0 saturated heterocycles. The zero-order valence-corrected chi connectivity index (χ0v) is 17.6. The van der Waals surface area contributed by atoms with Crippen LogP contribution in [0.4, 0.5) is 5.69 Å². The number of halogens is 1. The molecule has 124 valence electrons. The number of hydrogen-bond acceptors (Lipinski definition) is 4. The first-order chi connectivity index (χ1) is 11.5. The molecule has 0 heterocycles. The van der Waals surface area contributed by atoms with Crippen molar-refractivity contribution in [2.24, 2.45) is 0 Å². The molecule has 0 aliphatic carbocycles. The van der Waals surface area contributed by atoms with Gasteiger partial charge < -0.3 is 5.73 Å². The van der Waals surface area contributed by atoms with Crippen LogP contribution in [-0.2, 0) is 30.4 Å². The molecule has 3 aromatic carbocycles. The Hall–Kier alpha value is -0.920. The number of rotatable bonds is 2. The van der Waals surface area contributed by atoms with Gasteiger partial charge in [-0.05, 0) is 79.8 Å². The fourth-order valence-corrected chi connectivity index (χ4v) is 4.00. The Morgan fingerprint density at radius 1 is 0.875 bits per heavy atom. The molecule has 0 amide bonds. The summed E-state index contributed by atoms with van der Waals surface area (Å²) in [6.07, 6.45) is 0. The summed E-state index contributed by atoms with van der Waals surface area (Å²) < 4.78 is 1.04. The van der Waals surface area contributed by atoms with Crippen molar-refractivity contribution in [2.75, 3.05) is 5.73 Å². The Labute approximate surface area is 167 Å². The largest absolute Gasteiger partial charge is 0.399 e. The molecule has 0 unspecified atom stereocenters. The van der Waals surface area contributed by atoms with Crippen molar-refractivity contribution in [2.45, 2.75) is 9.79 Å². The molecule has 0 aliphatic rings. The topological polar surface area (TPSA) is 26.0 Å². The summed E-state index contributed by atoms with van der Waals surface area (Å²) in [5.41, 5.74) is 8.73. The Kier molecular flexibility index (Phi) is 7.71. The minimum atomic E-state index is -0.941. The molecule has 0 spiro atoms. The predicted octanol–water partition coefficient (Wildman–Crippen LogP) is 5.31. The van der Waals surface area contributed by atoms with Gasteiger partial charge in [-0.1, -0.05) is 50.5 Å². The summed E-state index contributed by atoms with van der Waals surface area (Å²) in [6.45, 7) is 0. The van der Waals surface area contributed by atoms with Crippen molar-refractivity contribution in [1.29, 1.82) is 0 Å². The zero-order chi connectivity index (χ0) is 17.5. The SMILES string of the molecule is Nc1ccc([SH](=S)=S)c(-c2ccccc2)c1.Sc1ccccc1Br. The van der Waals surface area contributed by atoms with Gasteiger partial charge in [0.25, 0.3) is 0 Å². The van der Waals surface area contributed by atoms with Crippen LogP contribution in [0.15, 0.2) is 87.1 Å². The van der Waals surface area contributed by atoms with Gasteiger partial charge in [-0.3, -0.25) is 0 Å². The van der Waals surface area contributed by atoms with Crippen LogP contribution in [0.2, 0.25) is 0 Å². The Morgan fingerprint density at radius 3 is 2.04 bits per heavy atom. The monoisotopic (exact) mass is 453 g/mol. The number of anilines is 1. The van der Waals surface area contributed by atoms with Crippen LogP contribution in [0.5, 0.6) is 0 Å². The van der Waals surface area contributed by atoms with E-state index in [1.165, 1.54) is 0 Å². The molecule has 0 fully saturated rings. The Bertz CT molecular complexity index is 864. The summed E-state index contributed by atoms with van der Waals surface area (Å²) in [4.78, 5) is 2.02. The van der Waals surface area contributed by atoms with Gasteiger partial charge in [0.1, 0.15) is 0 Å². The van der Waals surface area contributed by atoms with E-state index >= 15 is 0 Å². The van der Waals surface area contributed by atoms with Gasteiger partial charge in [-0.25, -0.2) is 0 Å². The lowest BCUT2D eigenvalue weighted by molar-refractivity contribution is 1.42. The second-order valence-electron chi connectivity index (χ2n) is 4.85. The first-order valence-electron chi connectivity index (χ1n) is 7.02. The lowest BCUT2D eigenvalue weighted by atomic mass is 10.1. The molecule has 0 aliphatic heterocycles. The van der Waals surface area contributed by atoms with Gasteiger partial charge in [0, 0.05) is 20.0 Å². The predicted molar refractivity (Wildman–Crippen MR) is 119 cm³/mol. The van der Waals surface area contributed by atoms with E-state index in [-0.39, 0.29) is 0 Å². The maximum absolute atomic E-state index is 5.80. The minimum absolute atomic E-state index is 0.740. The summed E-state index contributed by atoms with van der Waals surface area (Å²) in [6, 6.07) is 23.6. The van der Waals surface area contributed by atoms with Gasteiger partial charge in [0.15, 0.2) is 0 Å². The highest BCUT2D eigenvalue weighted by Gasteiger charge is 2.04. The van der Waals surface area contributed by atoms with Crippen LogP contribution >= 0.6 is 28.6 Å². The number of benzene rings is 3. The standard InChI is InChI=1S/C12H11NS3.C6H5BrS/c13-10-6-7-12(16(14)15)11(8-10)9-4-2-1-3-5-9;7-5-3-1-2-4-6(5)8/h1-8,16H,13H2;1-4,8H. The Balaban J connectivity index is 0.000000219. The van der Waals surface area contributed by atoms with E-state index in [9.17, 15) is 0 Å². The van der Waals surface area contributed by atoms with Crippen molar-refractivity contribution in [3.8, 4) is 11.1 Å². The van der Waals surface area contributed by atoms with E-state index in [0.717, 1.165) is 31.1 Å². The number of nitrogen functional groups attached to an aromatic ring is 1. The Morgan fingerprint density at radius 2 is 1.50 bits per heavy atom. The number of nitrogens with two attached hydrogens (primary N) is 1. The molecule has 0 atom stereocenters. The highest BCUT2D eigenvalue weighted by Crippen LogP contribution is 2.27. The van der Waals surface area contributed by atoms with Gasteiger partial charge >= 0.3 is 0 Å². The molecule has 0 radical (unpaired) electrons. The second kappa shape index (κ2) is 9.53. The molecule has 24 heavy (non-hydrogen) atoms. The molecule has 0 saturated carbocycles. The van der Waals surface area contributed by atoms with Crippen LogP contribution < -0.4 is 5.73 Å². The quantitative estimate of drug-likeness (QED) is 0.362. The number of thiol groups is 2. The lowest BCUT2D eigenvalue weighted by Gasteiger charge is -2.07. The first kappa shape index (κ1) is 19.4. The normalized spacial score (nSPS) is 10.1. The molecule has 3 aromatic rings. The zero-order valence-electron chi connectivity index (χ0n) is 12.6. The summed E-state index contributed by atoms with van der Waals surface area (Å²) in [5, 5.41) is 0. The second-order valence-corrected chi connectivity index (χ2v) is 10.1. The molecule has 0 bridgehead atoms. The first-order valence-corrected chi connectivity index (χ1v) is 11.6. The molecule has 6 heteroatoms. The lowest BCUT2D eigenvalue weighted by Crippen LogP contribution is -1.90. The third-order valence-corrected chi connectivity index (χ3v) is 6.51. The third kappa shape index (κ3) is 5.57. The summed E-state index contributed by atoms with van der Waals surface area (Å²) in [5.74, 6) is 0. The van der Waals surface area contributed by atoms with Gasteiger partial charge in [0.05, 0.1) is 0 Å². The van der Waals surface area contributed by atoms with Crippen LogP contribution in [0.25, 0.3) is 11.1 Å². The van der Waals surface area contributed by atoms with Crippen molar-refractivity contribution in [1.82, 2.24) is 0 Å². The maximum Gasteiger partial charge on any atom is 0.0321 e. The van der Waals surface area contributed by atoms with E-state index in [0.29, 0.717) is 0 Å².